The van der Waals surface area contributed by atoms with Gasteiger partial charge in [-0.25, -0.2) is 9.78 Å². The average molecular weight is 188 g/mol. The van der Waals surface area contributed by atoms with E-state index in [-0.39, 0.29) is 5.69 Å². The van der Waals surface area contributed by atoms with Gasteiger partial charge in [0.25, 0.3) is 0 Å². The zero-order valence-electron chi connectivity index (χ0n) is 7.56. The summed E-state index contributed by atoms with van der Waals surface area (Å²) in [6.07, 6.45) is 3.34. The summed E-state index contributed by atoms with van der Waals surface area (Å²) in [4.78, 5) is 18.7. The summed E-state index contributed by atoms with van der Waals surface area (Å²) in [5.41, 5.74) is 1.64. The number of carbonyl (C=O) groups is 1. The van der Waals surface area contributed by atoms with Gasteiger partial charge in [-0.1, -0.05) is 0 Å². The Balaban J connectivity index is 2.76. The number of carboxylic acids is 1. The fourth-order valence-corrected chi connectivity index (χ4v) is 1.30. The van der Waals surface area contributed by atoms with Crippen LogP contribution >= 0.6 is 0 Å². The summed E-state index contributed by atoms with van der Waals surface area (Å²) < 4.78 is 0. The monoisotopic (exact) mass is 188 g/mol. The quantitative estimate of drug-likeness (QED) is 0.738. The van der Waals surface area contributed by atoms with Gasteiger partial charge < -0.3 is 5.11 Å². The Morgan fingerprint density at radius 3 is 2.86 bits per heavy atom. The Hall–Kier alpha value is -1.97. The second kappa shape index (κ2) is 3.06. The van der Waals surface area contributed by atoms with Gasteiger partial charge in [-0.3, -0.25) is 4.98 Å². The summed E-state index contributed by atoms with van der Waals surface area (Å²) in [7, 11) is 0. The molecule has 0 saturated carbocycles. The van der Waals surface area contributed by atoms with Gasteiger partial charge in [0.2, 0.25) is 0 Å². The lowest BCUT2D eigenvalue weighted by atomic mass is 10.2. The number of carboxylic acid groups (broad SMARTS) is 1. The Labute approximate surface area is 80.2 Å². The van der Waals surface area contributed by atoms with Crippen molar-refractivity contribution in [1.29, 1.82) is 0 Å². The molecule has 0 spiro atoms. The molecule has 0 aliphatic carbocycles. The van der Waals surface area contributed by atoms with Gasteiger partial charge in [-0.15, -0.1) is 0 Å². The van der Waals surface area contributed by atoms with Crippen LogP contribution in [0.1, 0.15) is 16.1 Å². The minimum Gasteiger partial charge on any atom is -0.477 e. The van der Waals surface area contributed by atoms with Crippen LogP contribution in [0.3, 0.4) is 0 Å². The van der Waals surface area contributed by atoms with Gasteiger partial charge in [0.05, 0.1) is 5.52 Å². The van der Waals surface area contributed by atoms with Crippen LogP contribution in [0.2, 0.25) is 0 Å². The van der Waals surface area contributed by atoms with Crippen molar-refractivity contribution < 1.29 is 9.90 Å². The molecule has 2 aromatic heterocycles. The fourth-order valence-electron chi connectivity index (χ4n) is 1.30. The first-order valence-electron chi connectivity index (χ1n) is 4.13. The predicted molar refractivity (Wildman–Crippen MR) is 51.2 cm³/mol. The molecule has 0 saturated heterocycles. The number of pyridine rings is 2. The molecule has 2 aromatic rings. The molecule has 4 heteroatoms. The summed E-state index contributed by atoms with van der Waals surface area (Å²) in [5.74, 6) is -1.01. The van der Waals surface area contributed by atoms with E-state index in [0.29, 0.717) is 5.52 Å². The number of hydrogen-bond acceptors (Lipinski definition) is 3. The highest BCUT2D eigenvalue weighted by Crippen LogP contribution is 2.14. The molecule has 14 heavy (non-hydrogen) atoms. The number of rotatable bonds is 1. The van der Waals surface area contributed by atoms with Crippen LogP contribution in [-0.4, -0.2) is 21.0 Å². The number of hydrogen-bond donors (Lipinski definition) is 1. The molecule has 4 nitrogen and oxygen atoms in total. The van der Waals surface area contributed by atoms with Crippen molar-refractivity contribution in [2.45, 2.75) is 6.92 Å². The molecule has 0 bridgehead atoms. The minimum absolute atomic E-state index is 0.0619. The standard InChI is InChI=1S/C10H8N2O2/c1-6-4-11-5-7-2-3-8(10(13)14)12-9(6)7/h2-5H,1H3,(H,13,14). The van der Waals surface area contributed by atoms with Gasteiger partial charge in [-0.05, 0) is 24.6 Å². The first-order valence-corrected chi connectivity index (χ1v) is 4.13. The Bertz CT molecular complexity index is 508. The third kappa shape index (κ3) is 1.31. The van der Waals surface area contributed by atoms with E-state index in [1.807, 2.05) is 6.92 Å². The maximum Gasteiger partial charge on any atom is 0.354 e. The van der Waals surface area contributed by atoms with E-state index in [2.05, 4.69) is 9.97 Å². The summed E-state index contributed by atoms with van der Waals surface area (Å²) >= 11 is 0. The lowest BCUT2D eigenvalue weighted by molar-refractivity contribution is 0.0691. The zero-order chi connectivity index (χ0) is 10.1. The van der Waals surface area contributed by atoms with Crippen molar-refractivity contribution in [3.63, 3.8) is 0 Å². The molecule has 0 fully saturated rings. The first-order chi connectivity index (χ1) is 6.68. The summed E-state index contributed by atoms with van der Waals surface area (Å²) in [6.45, 7) is 1.86. The molecule has 2 heterocycles. The van der Waals surface area contributed by atoms with E-state index >= 15 is 0 Å². The smallest absolute Gasteiger partial charge is 0.354 e. The fraction of sp³-hybridized carbons (Fsp3) is 0.100. The molecule has 70 valence electrons. The van der Waals surface area contributed by atoms with Gasteiger partial charge in [0.1, 0.15) is 5.69 Å². The highest BCUT2D eigenvalue weighted by molar-refractivity contribution is 5.90. The number of aryl methyl sites for hydroxylation is 1. The maximum atomic E-state index is 10.7. The highest BCUT2D eigenvalue weighted by atomic mass is 16.4. The molecule has 0 amide bonds. The third-order valence-corrected chi connectivity index (χ3v) is 2.00. The normalized spacial score (nSPS) is 10.4. The summed E-state index contributed by atoms with van der Waals surface area (Å²) in [6, 6.07) is 3.19. The van der Waals surface area contributed by atoms with Crippen LogP contribution in [-0.2, 0) is 0 Å². The largest absolute Gasteiger partial charge is 0.477 e. The van der Waals surface area contributed by atoms with Gasteiger partial charge >= 0.3 is 5.97 Å². The maximum absolute atomic E-state index is 10.7. The molecule has 2 rings (SSSR count). The van der Waals surface area contributed by atoms with Crippen molar-refractivity contribution in [2.75, 3.05) is 0 Å². The molecule has 0 radical (unpaired) electrons. The zero-order valence-corrected chi connectivity index (χ0v) is 7.56. The number of nitrogens with zero attached hydrogens (tertiary/aromatic N) is 2. The lowest BCUT2D eigenvalue weighted by Crippen LogP contribution is -2.00. The molecular formula is C10H8N2O2. The Morgan fingerprint density at radius 2 is 2.14 bits per heavy atom. The van der Waals surface area contributed by atoms with Crippen LogP contribution in [0.5, 0.6) is 0 Å². The van der Waals surface area contributed by atoms with E-state index in [4.69, 9.17) is 5.11 Å². The van der Waals surface area contributed by atoms with E-state index in [1.165, 1.54) is 6.07 Å². The van der Waals surface area contributed by atoms with E-state index in [9.17, 15) is 4.79 Å². The molecule has 0 atom stereocenters. The summed E-state index contributed by atoms with van der Waals surface area (Å²) in [5, 5.41) is 9.61. The van der Waals surface area contributed by atoms with Crippen molar-refractivity contribution in [3.05, 3.63) is 35.8 Å². The predicted octanol–water partition coefficient (Wildman–Crippen LogP) is 1.64. The van der Waals surface area contributed by atoms with Crippen LogP contribution < -0.4 is 0 Å². The van der Waals surface area contributed by atoms with Crippen LogP contribution in [0, 0.1) is 6.92 Å². The number of aromatic carboxylic acids is 1. The SMILES string of the molecule is Cc1cncc2ccc(C(=O)O)nc12. The van der Waals surface area contributed by atoms with E-state index in [0.717, 1.165) is 10.9 Å². The van der Waals surface area contributed by atoms with Crippen LogP contribution in [0.25, 0.3) is 10.9 Å². The number of fused-ring (bicyclic) bond motifs is 1. The van der Waals surface area contributed by atoms with Crippen molar-refractivity contribution in [2.24, 2.45) is 0 Å². The van der Waals surface area contributed by atoms with Crippen LogP contribution in [0.15, 0.2) is 24.5 Å². The molecule has 0 aromatic carbocycles. The molecule has 1 N–H and O–H groups in total. The number of aromatic nitrogens is 2. The Morgan fingerprint density at radius 1 is 1.36 bits per heavy atom. The van der Waals surface area contributed by atoms with Crippen LogP contribution in [0.4, 0.5) is 0 Å². The molecule has 0 aliphatic heterocycles. The molecular weight excluding hydrogens is 180 g/mol. The highest BCUT2D eigenvalue weighted by Gasteiger charge is 2.06. The Kier molecular flexibility index (Phi) is 1.89. The van der Waals surface area contributed by atoms with Gasteiger partial charge in [0.15, 0.2) is 0 Å². The second-order valence-corrected chi connectivity index (χ2v) is 3.03. The van der Waals surface area contributed by atoms with E-state index < -0.39 is 5.97 Å². The lowest BCUT2D eigenvalue weighted by Gasteiger charge is -2.00. The van der Waals surface area contributed by atoms with Crippen molar-refractivity contribution in [1.82, 2.24) is 9.97 Å². The average Bonchev–Trinajstić information content (AvgIpc) is 2.18. The molecule has 0 unspecified atom stereocenters. The second-order valence-electron chi connectivity index (χ2n) is 3.03. The van der Waals surface area contributed by atoms with Crippen molar-refractivity contribution >= 4 is 16.9 Å². The minimum atomic E-state index is -1.01. The topological polar surface area (TPSA) is 63.1 Å². The van der Waals surface area contributed by atoms with Crippen molar-refractivity contribution in [3.8, 4) is 0 Å². The van der Waals surface area contributed by atoms with Gasteiger partial charge in [-0.2, -0.15) is 0 Å². The molecule has 0 aliphatic rings. The third-order valence-electron chi connectivity index (χ3n) is 2.00. The first kappa shape index (κ1) is 8.62. The van der Waals surface area contributed by atoms with E-state index in [1.54, 1.807) is 18.5 Å². The van der Waals surface area contributed by atoms with Gasteiger partial charge in [0, 0.05) is 17.8 Å².